The normalized spacial score (nSPS) is 13.6. The molecule has 27 heavy (non-hydrogen) atoms. The number of hydrogen-bond acceptors (Lipinski definition) is 1. The molecular formula is C25H26NO+. The van der Waals surface area contributed by atoms with Crippen LogP contribution in [0.25, 0.3) is 0 Å². The molecule has 0 aromatic heterocycles. The molecule has 0 saturated carbocycles. The highest BCUT2D eigenvalue weighted by atomic mass is 16.5. The van der Waals surface area contributed by atoms with Gasteiger partial charge in [-0.3, -0.25) is 0 Å². The van der Waals surface area contributed by atoms with Gasteiger partial charge in [-0.2, -0.15) is 4.58 Å². The van der Waals surface area contributed by atoms with Gasteiger partial charge in [-0.15, -0.1) is 0 Å². The summed E-state index contributed by atoms with van der Waals surface area (Å²) < 4.78 is 8.56. The summed E-state index contributed by atoms with van der Waals surface area (Å²) in [6.45, 7) is 9.35. The van der Waals surface area contributed by atoms with Gasteiger partial charge in [-0.25, -0.2) is 0 Å². The maximum Gasteiger partial charge on any atom is 0.292 e. The topological polar surface area (TPSA) is 12.2 Å². The number of ether oxygens (including phenoxy) is 1. The zero-order valence-electron chi connectivity index (χ0n) is 16.5. The summed E-state index contributed by atoms with van der Waals surface area (Å²) in [6.07, 6.45) is 2.24. The highest BCUT2D eigenvalue weighted by Crippen LogP contribution is 2.41. The third-order valence-electron chi connectivity index (χ3n) is 5.64. The van der Waals surface area contributed by atoms with Gasteiger partial charge in [0.1, 0.15) is 5.75 Å². The molecule has 0 radical (unpaired) electrons. The molecule has 0 atom stereocenters. The van der Waals surface area contributed by atoms with Crippen molar-refractivity contribution < 1.29 is 9.31 Å². The molecule has 3 aromatic rings. The Balaban J connectivity index is 1.85. The fourth-order valence-electron chi connectivity index (χ4n) is 3.87. The van der Waals surface area contributed by atoms with E-state index in [9.17, 15) is 0 Å². The predicted molar refractivity (Wildman–Crippen MR) is 112 cm³/mol. The standard InChI is InChI=1S/C25H26NO/c1-18-14-15-22(25(3,4)20-11-6-5-7-12-20)24-21(18)16-26(17-27-24)23-13-9-8-10-19(23)2/h5-16H,17H2,1-4H3/q+1. The average Bonchev–Trinajstić information content (AvgIpc) is 2.69. The molecule has 0 aliphatic carbocycles. The van der Waals surface area contributed by atoms with Crippen LogP contribution in [-0.4, -0.2) is 17.5 Å². The summed E-state index contributed by atoms with van der Waals surface area (Å²) in [7, 11) is 0. The van der Waals surface area contributed by atoms with Crippen LogP contribution in [-0.2, 0) is 5.41 Å². The van der Waals surface area contributed by atoms with E-state index in [1.807, 2.05) is 0 Å². The highest BCUT2D eigenvalue weighted by molar-refractivity contribution is 5.85. The van der Waals surface area contributed by atoms with E-state index in [4.69, 9.17) is 4.74 Å². The van der Waals surface area contributed by atoms with E-state index in [0.717, 1.165) is 5.75 Å². The summed E-state index contributed by atoms with van der Waals surface area (Å²) in [5.74, 6) is 1.01. The van der Waals surface area contributed by atoms with Crippen LogP contribution in [0, 0.1) is 13.8 Å². The molecular weight excluding hydrogens is 330 g/mol. The van der Waals surface area contributed by atoms with Gasteiger partial charge in [0.15, 0.2) is 6.21 Å². The highest BCUT2D eigenvalue weighted by Gasteiger charge is 2.32. The Morgan fingerprint density at radius 1 is 0.815 bits per heavy atom. The second kappa shape index (κ2) is 6.70. The lowest BCUT2D eigenvalue weighted by Crippen LogP contribution is -2.27. The van der Waals surface area contributed by atoms with Crippen molar-refractivity contribution in [1.82, 2.24) is 0 Å². The number of hydrogen-bond donors (Lipinski definition) is 0. The fraction of sp³-hybridized carbons (Fsp3) is 0.240. The minimum absolute atomic E-state index is 0.127. The molecule has 0 saturated heterocycles. The van der Waals surface area contributed by atoms with E-state index in [1.165, 1.54) is 33.5 Å². The van der Waals surface area contributed by atoms with Crippen LogP contribution < -0.4 is 4.74 Å². The van der Waals surface area contributed by atoms with Crippen LogP contribution in [0.15, 0.2) is 66.7 Å². The summed E-state index contributed by atoms with van der Waals surface area (Å²) in [5.41, 5.74) is 7.24. The van der Waals surface area contributed by atoms with Gasteiger partial charge < -0.3 is 4.74 Å². The van der Waals surface area contributed by atoms with E-state index in [1.54, 1.807) is 0 Å². The van der Waals surface area contributed by atoms with E-state index >= 15 is 0 Å². The van der Waals surface area contributed by atoms with E-state index in [0.29, 0.717) is 6.73 Å². The maximum absolute atomic E-state index is 6.36. The molecule has 0 unspecified atom stereocenters. The molecule has 0 spiro atoms. The van der Waals surface area contributed by atoms with Gasteiger partial charge >= 0.3 is 0 Å². The van der Waals surface area contributed by atoms with E-state index in [-0.39, 0.29) is 5.41 Å². The molecule has 0 N–H and O–H groups in total. The lowest BCUT2D eigenvalue weighted by atomic mass is 9.76. The lowest BCUT2D eigenvalue weighted by molar-refractivity contribution is -0.476. The van der Waals surface area contributed by atoms with Crippen LogP contribution in [0.2, 0.25) is 0 Å². The largest absolute Gasteiger partial charge is 0.435 e. The van der Waals surface area contributed by atoms with Crippen molar-refractivity contribution in [3.8, 4) is 5.75 Å². The van der Waals surface area contributed by atoms with Crippen molar-refractivity contribution in [2.45, 2.75) is 33.1 Å². The third kappa shape index (κ3) is 3.06. The van der Waals surface area contributed by atoms with Crippen LogP contribution in [0.1, 0.15) is 41.7 Å². The molecule has 2 nitrogen and oxygen atoms in total. The number of nitrogens with zero attached hydrogens (tertiary/aromatic N) is 1. The first kappa shape index (κ1) is 17.5. The zero-order chi connectivity index (χ0) is 19.0. The Labute approximate surface area is 161 Å². The first-order chi connectivity index (χ1) is 13.0. The predicted octanol–water partition coefficient (Wildman–Crippen LogP) is 5.74. The Kier molecular flexibility index (Phi) is 4.35. The van der Waals surface area contributed by atoms with Crippen molar-refractivity contribution in [2.75, 3.05) is 6.73 Å². The van der Waals surface area contributed by atoms with Gasteiger partial charge in [0.05, 0.1) is 5.56 Å². The monoisotopic (exact) mass is 356 g/mol. The van der Waals surface area contributed by atoms with Crippen LogP contribution in [0.3, 0.4) is 0 Å². The maximum atomic E-state index is 6.36. The second-order valence-corrected chi connectivity index (χ2v) is 7.82. The first-order valence-corrected chi connectivity index (χ1v) is 9.48. The van der Waals surface area contributed by atoms with Crippen LogP contribution in [0.5, 0.6) is 5.75 Å². The van der Waals surface area contributed by atoms with Gasteiger partial charge in [0.25, 0.3) is 6.73 Å². The molecule has 0 fully saturated rings. The molecule has 1 aliphatic heterocycles. The molecule has 1 aliphatic rings. The zero-order valence-corrected chi connectivity index (χ0v) is 16.5. The average molecular weight is 356 g/mol. The summed E-state index contributed by atoms with van der Waals surface area (Å²) in [5, 5.41) is 0. The molecule has 1 heterocycles. The van der Waals surface area contributed by atoms with E-state index < -0.39 is 0 Å². The van der Waals surface area contributed by atoms with Crippen molar-refractivity contribution in [2.24, 2.45) is 0 Å². The number of rotatable bonds is 3. The molecule has 3 aromatic carbocycles. The van der Waals surface area contributed by atoms with Crippen molar-refractivity contribution in [3.63, 3.8) is 0 Å². The number of benzene rings is 3. The van der Waals surface area contributed by atoms with Gasteiger partial charge in [-0.05, 0) is 25.0 Å². The Morgan fingerprint density at radius 2 is 1.52 bits per heavy atom. The van der Waals surface area contributed by atoms with Crippen LogP contribution >= 0.6 is 0 Å². The Bertz CT molecular complexity index is 1020. The minimum Gasteiger partial charge on any atom is -0.435 e. The SMILES string of the molecule is Cc1ccccc1[N+]1=Cc2c(C)ccc(C(C)(C)c3ccccc3)c2OC1. The number of para-hydroxylation sites is 1. The van der Waals surface area contributed by atoms with Crippen LogP contribution in [0.4, 0.5) is 5.69 Å². The summed E-state index contributed by atoms with van der Waals surface area (Å²) >= 11 is 0. The summed E-state index contributed by atoms with van der Waals surface area (Å²) in [6, 6.07) is 23.5. The van der Waals surface area contributed by atoms with E-state index in [2.05, 4.69) is 105 Å². The molecule has 0 amide bonds. The molecule has 4 rings (SSSR count). The quantitative estimate of drug-likeness (QED) is 0.545. The number of aryl methyl sites for hydroxylation is 2. The Hall–Kier alpha value is -2.87. The van der Waals surface area contributed by atoms with Crippen molar-refractivity contribution in [3.05, 3.63) is 94.5 Å². The number of fused-ring (bicyclic) bond motifs is 1. The smallest absolute Gasteiger partial charge is 0.292 e. The lowest BCUT2D eigenvalue weighted by Gasteiger charge is -2.30. The second-order valence-electron chi connectivity index (χ2n) is 7.82. The van der Waals surface area contributed by atoms with Gasteiger partial charge in [-0.1, -0.05) is 74.5 Å². The van der Waals surface area contributed by atoms with Gasteiger partial charge in [0.2, 0.25) is 5.69 Å². The van der Waals surface area contributed by atoms with Crippen molar-refractivity contribution >= 4 is 11.9 Å². The van der Waals surface area contributed by atoms with Gasteiger partial charge in [0, 0.05) is 22.6 Å². The fourth-order valence-corrected chi connectivity index (χ4v) is 3.87. The minimum atomic E-state index is -0.127. The first-order valence-electron chi connectivity index (χ1n) is 9.48. The molecule has 0 bridgehead atoms. The Morgan fingerprint density at radius 3 is 2.26 bits per heavy atom. The third-order valence-corrected chi connectivity index (χ3v) is 5.64. The molecule has 136 valence electrons. The summed E-state index contributed by atoms with van der Waals surface area (Å²) in [4.78, 5) is 0. The van der Waals surface area contributed by atoms with Crippen molar-refractivity contribution in [1.29, 1.82) is 0 Å². The molecule has 2 heteroatoms.